The number of ether oxygens (including phenoxy) is 1. The Morgan fingerprint density at radius 1 is 1.18 bits per heavy atom. The molecule has 28 heavy (non-hydrogen) atoms. The molecule has 6 heteroatoms. The maximum absolute atomic E-state index is 12.0. The number of phenols is 1. The van der Waals surface area contributed by atoms with Gasteiger partial charge in [-0.25, -0.2) is 4.79 Å². The van der Waals surface area contributed by atoms with Crippen LogP contribution in [0.2, 0.25) is 0 Å². The van der Waals surface area contributed by atoms with E-state index < -0.39 is 0 Å². The van der Waals surface area contributed by atoms with E-state index in [2.05, 4.69) is 17.0 Å². The molecule has 146 valence electrons. The van der Waals surface area contributed by atoms with Crippen molar-refractivity contribution in [3.63, 3.8) is 0 Å². The zero-order chi connectivity index (χ0) is 19.7. The van der Waals surface area contributed by atoms with Gasteiger partial charge in [0.15, 0.2) is 0 Å². The molecule has 0 atom stereocenters. The highest BCUT2D eigenvalue weighted by Gasteiger charge is 2.22. The molecular weight excluding hydrogens is 356 g/mol. The molecule has 0 amide bonds. The van der Waals surface area contributed by atoms with Crippen molar-refractivity contribution in [2.45, 2.75) is 13.5 Å². The van der Waals surface area contributed by atoms with Crippen molar-refractivity contribution in [2.24, 2.45) is 0 Å². The van der Waals surface area contributed by atoms with Crippen LogP contribution in [0.1, 0.15) is 11.1 Å². The second-order valence-electron chi connectivity index (χ2n) is 7.29. The van der Waals surface area contributed by atoms with Crippen molar-refractivity contribution in [1.29, 1.82) is 0 Å². The number of nitrogens with zero attached hydrogens (tertiary/aromatic N) is 1. The molecule has 1 aromatic heterocycles. The third-order valence-electron chi connectivity index (χ3n) is 5.55. The van der Waals surface area contributed by atoms with Crippen LogP contribution in [0.5, 0.6) is 11.5 Å². The van der Waals surface area contributed by atoms with Gasteiger partial charge in [-0.3, -0.25) is 0 Å². The minimum absolute atomic E-state index is 0.145. The number of benzene rings is 2. The second kappa shape index (κ2) is 7.56. The number of nitrogens with one attached hydrogen (secondary N) is 1. The molecule has 1 aliphatic rings. The zero-order valence-electron chi connectivity index (χ0n) is 16.2. The van der Waals surface area contributed by atoms with Gasteiger partial charge in [-0.05, 0) is 31.2 Å². The number of anilines is 1. The summed E-state index contributed by atoms with van der Waals surface area (Å²) in [6, 6.07) is 13.2. The number of fused-ring (bicyclic) bond motifs is 1. The Kier molecular flexibility index (Phi) is 4.96. The van der Waals surface area contributed by atoms with Crippen LogP contribution in [-0.2, 0) is 6.54 Å². The van der Waals surface area contributed by atoms with E-state index in [1.54, 1.807) is 26.2 Å². The highest BCUT2D eigenvalue weighted by atomic mass is 16.5. The fraction of sp³-hybridized carbons (Fsp3) is 0.318. The first-order chi connectivity index (χ1) is 13.5. The van der Waals surface area contributed by atoms with Gasteiger partial charge in [0.1, 0.15) is 23.6 Å². The van der Waals surface area contributed by atoms with Gasteiger partial charge in [0.05, 0.1) is 33.3 Å². The Morgan fingerprint density at radius 3 is 2.71 bits per heavy atom. The highest BCUT2D eigenvalue weighted by molar-refractivity contribution is 5.84. The maximum atomic E-state index is 12.0. The van der Waals surface area contributed by atoms with Crippen LogP contribution in [0.15, 0.2) is 51.7 Å². The average Bonchev–Trinajstić information content (AvgIpc) is 2.71. The van der Waals surface area contributed by atoms with Crippen LogP contribution in [-0.4, -0.2) is 38.4 Å². The van der Waals surface area contributed by atoms with Crippen molar-refractivity contribution in [3.8, 4) is 11.5 Å². The number of aryl methyl sites for hydroxylation is 1. The lowest BCUT2D eigenvalue weighted by Gasteiger charge is -2.34. The van der Waals surface area contributed by atoms with E-state index in [1.807, 2.05) is 18.2 Å². The van der Waals surface area contributed by atoms with E-state index in [0.717, 1.165) is 49.4 Å². The third kappa shape index (κ3) is 3.55. The molecule has 0 bridgehead atoms. The van der Waals surface area contributed by atoms with Gasteiger partial charge in [-0.1, -0.05) is 6.07 Å². The Balaban J connectivity index is 1.51. The van der Waals surface area contributed by atoms with Crippen molar-refractivity contribution in [2.75, 3.05) is 38.2 Å². The number of methoxy groups -OCH3 is 1. The van der Waals surface area contributed by atoms with E-state index in [9.17, 15) is 9.90 Å². The largest absolute Gasteiger partial charge is 0.508 e. The number of piperazine rings is 1. The Labute approximate surface area is 163 Å². The topological polar surface area (TPSA) is 67.4 Å². The Bertz CT molecular complexity index is 1050. The number of hydrogen-bond acceptors (Lipinski definition) is 5. The quantitative estimate of drug-likeness (QED) is 0.674. The molecule has 0 spiro atoms. The third-order valence-corrected chi connectivity index (χ3v) is 5.55. The first-order valence-electron chi connectivity index (χ1n) is 9.53. The molecule has 0 saturated carbocycles. The van der Waals surface area contributed by atoms with Crippen molar-refractivity contribution in [3.05, 3.63) is 64.0 Å². The molecule has 2 heterocycles. The van der Waals surface area contributed by atoms with E-state index in [0.29, 0.717) is 11.1 Å². The summed E-state index contributed by atoms with van der Waals surface area (Å²) in [5.41, 5.74) is 2.87. The number of phenolic OH excluding ortho intramolecular Hbond substituents is 1. The minimum Gasteiger partial charge on any atom is -0.508 e. The van der Waals surface area contributed by atoms with Gasteiger partial charge in [0, 0.05) is 34.3 Å². The van der Waals surface area contributed by atoms with Gasteiger partial charge in [0.2, 0.25) is 0 Å². The van der Waals surface area contributed by atoms with Gasteiger partial charge in [0.25, 0.3) is 0 Å². The molecule has 3 aromatic rings. The smallest absolute Gasteiger partial charge is 0.336 e. The molecule has 1 aliphatic heterocycles. The standard InChI is InChI=1S/C22H24N2O4/c1-15-20(25)7-6-19-16(12-21(26)28-22(15)19)14-23-8-10-24(11-9-23)17-4-3-5-18(13-17)27-2/h3-7,12-13,25H,8-11,14H2,1-2H3/p+1. The predicted octanol–water partition coefficient (Wildman–Crippen LogP) is 1.72. The maximum Gasteiger partial charge on any atom is 0.336 e. The van der Waals surface area contributed by atoms with E-state index in [-0.39, 0.29) is 11.4 Å². The fourth-order valence-electron chi connectivity index (χ4n) is 3.90. The minimum atomic E-state index is -0.370. The van der Waals surface area contributed by atoms with Gasteiger partial charge in [-0.2, -0.15) is 0 Å². The lowest BCUT2D eigenvalue weighted by atomic mass is 10.1. The molecule has 0 aliphatic carbocycles. The van der Waals surface area contributed by atoms with Crippen molar-refractivity contribution >= 4 is 16.7 Å². The monoisotopic (exact) mass is 381 g/mol. The second-order valence-corrected chi connectivity index (χ2v) is 7.29. The summed E-state index contributed by atoms with van der Waals surface area (Å²) in [5, 5.41) is 10.8. The number of quaternary nitrogens is 1. The zero-order valence-corrected chi connectivity index (χ0v) is 16.2. The van der Waals surface area contributed by atoms with Crippen LogP contribution in [0, 0.1) is 6.92 Å². The molecular formula is C22H25N2O4+. The summed E-state index contributed by atoms with van der Waals surface area (Å²) in [6.07, 6.45) is 0. The molecule has 0 unspecified atom stereocenters. The summed E-state index contributed by atoms with van der Waals surface area (Å²) in [7, 11) is 1.68. The summed E-state index contributed by atoms with van der Waals surface area (Å²) in [5.74, 6) is 1.01. The summed E-state index contributed by atoms with van der Waals surface area (Å²) >= 11 is 0. The molecule has 4 rings (SSSR count). The van der Waals surface area contributed by atoms with E-state index >= 15 is 0 Å². The molecule has 1 fully saturated rings. The first kappa shape index (κ1) is 18.4. The average molecular weight is 381 g/mol. The molecule has 2 N–H and O–H groups in total. The van der Waals surface area contributed by atoms with Crippen molar-refractivity contribution in [1.82, 2.24) is 0 Å². The van der Waals surface area contributed by atoms with Crippen LogP contribution in [0.3, 0.4) is 0 Å². The van der Waals surface area contributed by atoms with E-state index in [4.69, 9.17) is 9.15 Å². The van der Waals surface area contributed by atoms with Crippen LogP contribution >= 0.6 is 0 Å². The summed E-state index contributed by atoms with van der Waals surface area (Å²) in [6.45, 7) is 6.39. The summed E-state index contributed by atoms with van der Waals surface area (Å²) < 4.78 is 10.7. The molecule has 1 saturated heterocycles. The van der Waals surface area contributed by atoms with Gasteiger partial charge in [-0.15, -0.1) is 0 Å². The number of hydrogen-bond donors (Lipinski definition) is 2. The van der Waals surface area contributed by atoms with Gasteiger partial charge >= 0.3 is 5.63 Å². The number of aromatic hydroxyl groups is 1. The molecule has 6 nitrogen and oxygen atoms in total. The van der Waals surface area contributed by atoms with Crippen LogP contribution in [0.4, 0.5) is 5.69 Å². The first-order valence-corrected chi connectivity index (χ1v) is 9.53. The van der Waals surface area contributed by atoms with Gasteiger partial charge < -0.3 is 24.1 Å². The predicted molar refractivity (Wildman–Crippen MR) is 108 cm³/mol. The SMILES string of the molecule is COc1cccc(N2CC[NH+](Cc3cc(=O)oc4c(C)c(O)ccc34)CC2)c1. The Morgan fingerprint density at radius 2 is 1.96 bits per heavy atom. The highest BCUT2D eigenvalue weighted by Crippen LogP contribution is 2.27. The van der Waals surface area contributed by atoms with E-state index in [1.165, 1.54) is 10.6 Å². The normalized spacial score (nSPS) is 15.1. The lowest BCUT2D eigenvalue weighted by Crippen LogP contribution is -3.13. The summed E-state index contributed by atoms with van der Waals surface area (Å²) in [4.78, 5) is 15.8. The lowest BCUT2D eigenvalue weighted by molar-refractivity contribution is -0.914. The molecule has 2 aromatic carbocycles. The van der Waals surface area contributed by atoms with Crippen molar-refractivity contribution < 1.29 is 19.2 Å². The van der Waals surface area contributed by atoms with Crippen LogP contribution in [0.25, 0.3) is 11.0 Å². The number of rotatable bonds is 4. The fourth-order valence-corrected chi connectivity index (χ4v) is 3.90. The van der Waals surface area contributed by atoms with Crippen LogP contribution < -0.4 is 20.2 Å². The Hall–Kier alpha value is -2.99. The molecule has 0 radical (unpaired) electrons.